The highest BCUT2D eigenvalue weighted by molar-refractivity contribution is 5.93. The molecule has 2 aromatic rings. The molecule has 136 valence electrons. The second kappa shape index (κ2) is 8.70. The molecule has 0 aliphatic rings. The highest BCUT2D eigenvalue weighted by Gasteiger charge is 2.13. The normalized spacial score (nSPS) is 11.8. The zero-order valence-corrected chi connectivity index (χ0v) is 16.2. The molecule has 3 N–H and O–H groups in total. The van der Waals surface area contributed by atoms with Crippen molar-refractivity contribution in [2.75, 3.05) is 5.32 Å². The molecule has 0 spiro atoms. The van der Waals surface area contributed by atoms with Crippen molar-refractivity contribution < 1.29 is 0 Å². The van der Waals surface area contributed by atoms with Crippen LogP contribution in [-0.2, 0) is 39.3 Å². The molecular weight excluding hydrogens is 310 g/mol. The Bertz CT molecular complexity index is 721. The van der Waals surface area contributed by atoms with E-state index in [1.54, 1.807) is 0 Å². The standard InChI is InChI=1S/C20H31N5/c1-6-14-11-10-12-15(7-2)19(14)23-20(21)22-13-16-17(8-3)24-25(5)18(16)9-4/h10-12H,6-9,13H2,1-5H3,(H3,21,22,23). The third-order valence-corrected chi connectivity index (χ3v) is 4.69. The monoisotopic (exact) mass is 341 g/mol. The van der Waals surface area contributed by atoms with Gasteiger partial charge in [0.25, 0.3) is 0 Å². The second-order valence-corrected chi connectivity index (χ2v) is 6.19. The van der Waals surface area contributed by atoms with E-state index >= 15 is 0 Å². The average molecular weight is 342 g/mol. The first kappa shape index (κ1) is 19.0. The van der Waals surface area contributed by atoms with Crippen LogP contribution in [0.2, 0.25) is 0 Å². The van der Waals surface area contributed by atoms with Crippen LogP contribution in [0.4, 0.5) is 5.69 Å². The fraction of sp³-hybridized carbons (Fsp3) is 0.500. The predicted molar refractivity (Wildman–Crippen MR) is 106 cm³/mol. The number of anilines is 1. The van der Waals surface area contributed by atoms with Gasteiger partial charge in [-0.15, -0.1) is 0 Å². The highest BCUT2D eigenvalue weighted by atomic mass is 15.3. The van der Waals surface area contributed by atoms with Crippen LogP contribution >= 0.6 is 0 Å². The molecule has 0 aliphatic carbocycles. The number of guanidine groups is 1. The Labute approximate surface area is 151 Å². The predicted octanol–water partition coefficient (Wildman–Crippen LogP) is 3.60. The van der Waals surface area contributed by atoms with Crippen LogP contribution in [0.1, 0.15) is 55.8 Å². The van der Waals surface area contributed by atoms with Gasteiger partial charge in [-0.3, -0.25) is 4.68 Å². The maximum absolute atomic E-state index is 6.20. The van der Waals surface area contributed by atoms with Crippen LogP contribution in [0, 0.1) is 0 Å². The van der Waals surface area contributed by atoms with Crippen molar-refractivity contribution in [1.29, 1.82) is 0 Å². The minimum Gasteiger partial charge on any atom is -0.370 e. The molecule has 0 atom stereocenters. The molecular formula is C20H31N5. The Morgan fingerprint density at radius 2 is 1.72 bits per heavy atom. The van der Waals surface area contributed by atoms with Crippen LogP contribution in [-0.4, -0.2) is 15.7 Å². The molecule has 0 saturated heterocycles. The first-order chi connectivity index (χ1) is 12.0. The van der Waals surface area contributed by atoms with Crippen LogP contribution in [0.15, 0.2) is 23.2 Å². The molecule has 5 heteroatoms. The Kier molecular flexibility index (Phi) is 6.62. The Morgan fingerprint density at radius 3 is 2.24 bits per heavy atom. The summed E-state index contributed by atoms with van der Waals surface area (Å²) in [6.07, 6.45) is 3.78. The van der Waals surface area contributed by atoms with Crippen molar-refractivity contribution in [3.8, 4) is 0 Å². The van der Waals surface area contributed by atoms with Crippen molar-refractivity contribution in [1.82, 2.24) is 9.78 Å². The molecule has 25 heavy (non-hydrogen) atoms. The summed E-state index contributed by atoms with van der Waals surface area (Å²) in [5, 5.41) is 7.94. The number of aryl methyl sites for hydroxylation is 4. The van der Waals surface area contributed by atoms with E-state index in [4.69, 9.17) is 5.73 Å². The fourth-order valence-electron chi connectivity index (χ4n) is 3.31. The molecule has 0 unspecified atom stereocenters. The van der Waals surface area contributed by atoms with Gasteiger partial charge in [0.05, 0.1) is 12.2 Å². The topological polar surface area (TPSA) is 68.2 Å². The van der Waals surface area contributed by atoms with Gasteiger partial charge in [-0.25, -0.2) is 4.99 Å². The summed E-state index contributed by atoms with van der Waals surface area (Å²) in [4.78, 5) is 4.60. The summed E-state index contributed by atoms with van der Waals surface area (Å²) in [7, 11) is 2.00. The lowest BCUT2D eigenvalue weighted by atomic mass is 10.0. The molecule has 5 nitrogen and oxygen atoms in total. The van der Waals surface area contributed by atoms with Crippen molar-refractivity contribution in [2.45, 2.75) is 59.9 Å². The van der Waals surface area contributed by atoms with Gasteiger partial charge in [-0.2, -0.15) is 5.10 Å². The van der Waals surface area contributed by atoms with E-state index in [0.29, 0.717) is 12.5 Å². The number of hydrogen-bond donors (Lipinski definition) is 2. The Morgan fingerprint density at radius 1 is 1.08 bits per heavy atom. The smallest absolute Gasteiger partial charge is 0.193 e. The third-order valence-electron chi connectivity index (χ3n) is 4.69. The molecule has 0 amide bonds. The molecule has 0 bridgehead atoms. The van der Waals surface area contributed by atoms with E-state index in [9.17, 15) is 0 Å². The van der Waals surface area contributed by atoms with Gasteiger partial charge >= 0.3 is 0 Å². The van der Waals surface area contributed by atoms with Crippen molar-refractivity contribution >= 4 is 11.6 Å². The molecule has 0 aliphatic heterocycles. The number of aromatic nitrogens is 2. The summed E-state index contributed by atoms with van der Waals surface area (Å²) in [6.45, 7) is 9.15. The van der Waals surface area contributed by atoms with Crippen molar-refractivity contribution in [3.63, 3.8) is 0 Å². The maximum atomic E-state index is 6.20. The van der Waals surface area contributed by atoms with Crippen LogP contribution < -0.4 is 11.1 Å². The van der Waals surface area contributed by atoms with E-state index in [1.807, 2.05) is 11.7 Å². The maximum Gasteiger partial charge on any atom is 0.193 e. The number of nitrogens with zero attached hydrogens (tertiary/aromatic N) is 3. The zero-order chi connectivity index (χ0) is 18.4. The molecule has 0 saturated carbocycles. The quantitative estimate of drug-likeness (QED) is 0.597. The van der Waals surface area contributed by atoms with E-state index in [1.165, 1.54) is 22.4 Å². The van der Waals surface area contributed by atoms with Crippen LogP contribution in [0.5, 0.6) is 0 Å². The van der Waals surface area contributed by atoms with Gasteiger partial charge < -0.3 is 11.1 Å². The van der Waals surface area contributed by atoms with Gasteiger partial charge in [0.2, 0.25) is 0 Å². The molecule has 1 aromatic heterocycles. The molecule has 2 rings (SSSR count). The summed E-state index contributed by atoms with van der Waals surface area (Å²) < 4.78 is 1.97. The van der Waals surface area contributed by atoms with Crippen LogP contribution in [0.3, 0.4) is 0 Å². The van der Waals surface area contributed by atoms with E-state index < -0.39 is 0 Å². The largest absolute Gasteiger partial charge is 0.370 e. The lowest BCUT2D eigenvalue weighted by Crippen LogP contribution is -2.24. The molecule has 0 fully saturated rings. The summed E-state index contributed by atoms with van der Waals surface area (Å²) in [5.41, 5.74) is 13.4. The lowest BCUT2D eigenvalue weighted by molar-refractivity contribution is 0.703. The summed E-state index contributed by atoms with van der Waals surface area (Å²) in [5.74, 6) is 0.462. The number of hydrogen-bond acceptors (Lipinski definition) is 2. The number of aliphatic imine (C=N–C) groups is 1. The summed E-state index contributed by atoms with van der Waals surface area (Å²) >= 11 is 0. The first-order valence-electron chi connectivity index (χ1n) is 9.26. The number of rotatable bonds is 7. The molecule has 0 radical (unpaired) electrons. The molecule has 1 heterocycles. The van der Waals surface area contributed by atoms with Gasteiger partial charge in [-0.1, -0.05) is 45.9 Å². The lowest BCUT2D eigenvalue weighted by Gasteiger charge is -2.15. The number of para-hydroxylation sites is 1. The minimum absolute atomic E-state index is 0.462. The summed E-state index contributed by atoms with van der Waals surface area (Å²) in [6, 6.07) is 6.38. The number of nitrogens with two attached hydrogens (primary N) is 1. The first-order valence-corrected chi connectivity index (χ1v) is 9.26. The second-order valence-electron chi connectivity index (χ2n) is 6.19. The Hall–Kier alpha value is -2.30. The van der Waals surface area contributed by atoms with Gasteiger partial charge in [-0.05, 0) is 36.8 Å². The van der Waals surface area contributed by atoms with Gasteiger partial charge in [0.1, 0.15) is 0 Å². The third kappa shape index (κ3) is 4.21. The zero-order valence-electron chi connectivity index (χ0n) is 16.2. The van der Waals surface area contributed by atoms with Crippen molar-refractivity contribution in [3.05, 3.63) is 46.3 Å². The van der Waals surface area contributed by atoms with E-state index in [-0.39, 0.29) is 0 Å². The number of benzene rings is 1. The SMILES string of the molecule is CCc1cccc(CC)c1NC(N)=NCc1c(CC)nn(C)c1CC. The fourth-order valence-corrected chi connectivity index (χ4v) is 3.31. The Balaban J connectivity index is 2.24. The minimum atomic E-state index is 0.462. The number of nitrogens with one attached hydrogen (secondary N) is 1. The van der Waals surface area contributed by atoms with Gasteiger partial charge in [0.15, 0.2) is 5.96 Å². The van der Waals surface area contributed by atoms with Gasteiger partial charge in [0, 0.05) is 24.0 Å². The van der Waals surface area contributed by atoms with E-state index in [0.717, 1.165) is 37.1 Å². The average Bonchev–Trinajstić information content (AvgIpc) is 2.94. The van der Waals surface area contributed by atoms with Crippen LogP contribution in [0.25, 0.3) is 0 Å². The highest BCUT2D eigenvalue weighted by Crippen LogP contribution is 2.22. The van der Waals surface area contributed by atoms with E-state index in [2.05, 4.69) is 61.3 Å². The van der Waals surface area contributed by atoms with Crippen molar-refractivity contribution in [2.24, 2.45) is 17.8 Å². The molecule has 1 aromatic carbocycles.